The SMILES string of the molecule is CCCN(CC)c1nc(NC2CCN(C)CC2)c2cc(OC)c(OC)cc2n1. The molecule has 1 aliphatic rings. The van der Waals surface area contributed by atoms with Crippen molar-refractivity contribution in [2.75, 3.05) is 57.7 Å². The molecule has 0 amide bonds. The third kappa shape index (κ3) is 4.41. The molecule has 1 aromatic heterocycles. The Morgan fingerprint density at radius 3 is 2.39 bits per heavy atom. The molecule has 7 heteroatoms. The molecule has 2 aromatic rings. The number of nitrogens with zero attached hydrogens (tertiary/aromatic N) is 4. The summed E-state index contributed by atoms with van der Waals surface area (Å²) < 4.78 is 11.0. The summed E-state index contributed by atoms with van der Waals surface area (Å²) in [7, 11) is 5.48. The summed E-state index contributed by atoms with van der Waals surface area (Å²) in [6.07, 6.45) is 3.27. The van der Waals surface area contributed by atoms with Crippen molar-refractivity contribution in [3.05, 3.63) is 12.1 Å². The van der Waals surface area contributed by atoms with Gasteiger partial charge in [0.05, 0.1) is 19.7 Å². The van der Waals surface area contributed by atoms with Crippen molar-refractivity contribution in [3.63, 3.8) is 0 Å². The van der Waals surface area contributed by atoms with Crippen molar-refractivity contribution in [2.24, 2.45) is 0 Å². The monoisotopic (exact) mass is 387 g/mol. The average molecular weight is 388 g/mol. The summed E-state index contributed by atoms with van der Waals surface area (Å²) in [5.41, 5.74) is 0.868. The highest BCUT2D eigenvalue weighted by molar-refractivity contribution is 5.93. The minimum Gasteiger partial charge on any atom is -0.493 e. The van der Waals surface area contributed by atoms with Gasteiger partial charge in [-0.1, -0.05) is 6.92 Å². The van der Waals surface area contributed by atoms with Crippen molar-refractivity contribution in [1.29, 1.82) is 0 Å². The molecule has 28 heavy (non-hydrogen) atoms. The Kier molecular flexibility index (Phi) is 6.78. The van der Waals surface area contributed by atoms with Crippen molar-refractivity contribution >= 4 is 22.7 Å². The number of nitrogens with one attached hydrogen (secondary N) is 1. The van der Waals surface area contributed by atoms with Crippen LogP contribution in [0.1, 0.15) is 33.1 Å². The molecule has 1 saturated heterocycles. The Hall–Kier alpha value is -2.28. The van der Waals surface area contributed by atoms with E-state index in [0.29, 0.717) is 17.5 Å². The predicted molar refractivity (Wildman–Crippen MR) is 115 cm³/mol. The number of aromatic nitrogens is 2. The predicted octanol–water partition coefficient (Wildman–Crippen LogP) is 3.39. The number of hydrogen-bond acceptors (Lipinski definition) is 7. The van der Waals surface area contributed by atoms with Gasteiger partial charge in [0.2, 0.25) is 5.95 Å². The standard InChI is InChI=1S/C21H33N5O2/c1-6-10-26(7-2)21-23-17-14-19(28-5)18(27-4)13-16(17)20(24-21)22-15-8-11-25(3)12-9-15/h13-15H,6-12H2,1-5H3,(H,22,23,24). The summed E-state index contributed by atoms with van der Waals surface area (Å²) in [5.74, 6) is 3.02. The van der Waals surface area contributed by atoms with Crippen LogP contribution in [0.3, 0.4) is 0 Å². The fraction of sp³-hybridized carbons (Fsp3) is 0.619. The van der Waals surface area contributed by atoms with E-state index in [1.165, 1.54) is 0 Å². The first-order valence-electron chi connectivity index (χ1n) is 10.2. The van der Waals surface area contributed by atoms with Gasteiger partial charge in [0.1, 0.15) is 5.82 Å². The number of benzene rings is 1. The molecule has 0 atom stereocenters. The largest absolute Gasteiger partial charge is 0.493 e. The second-order valence-corrected chi connectivity index (χ2v) is 7.40. The molecule has 0 saturated carbocycles. The van der Waals surface area contributed by atoms with Crippen molar-refractivity contribution < 1.29 is 9.47 Å². The van der Waals surface area contributed by atoms with E-state index in [-0.39, 0.29) is 0 Å². The van der Waals surface area contributed by atoms with Crippen molar-refractivity contribution in [3.8, 4) is 11.5 Å². The molecule has 0 aliphatic carbocycles. The Labute approximate surface area is 168 Å². The van der Waals surface area contributed by atoms with Crippen molar-refractivity contribution in [1.82, 2.24) is 14.9 Å². The maximum absolute atomic E-state index is 5.52. The molecule has 154 valence electrons. The molecule has 7 nitrogen and oxygen atoms in total. The van der Waals surface area contributed by atoms with Gasteiger partial charge in [-0.2, -0.15) is 4.98 Å². The molecule has 0 spiro atoms. The Morgan fingerprint density at radius 1 is 1.11 bits per heavy atom. The number of fused-ring (bicyclic) bond motifs is 1. The Balaban J connectivity index is 2.05. The number of rotatable bonds is 8. The topological polar surface area (TPSA) is 62.8 Å². The van der Waals surface area contributed by atoms with E-state index in [0.717, 1.165) is 68.1 Å². The number of ether oxygens (including phenoxy) is 2. The highest BCUT2D eigenvalue weighted by atomic mass is 16.5. The van der Waals surface area contributed by atoms with Crippen LogP contribution < -0.4 is 19.7 Å². The first-order chi connectivity index (χ1) is 13.6. The summed E-state index contributed by atoms with van der Waals surface area (Å²) in [6.45, 7) is 8.32. The maximum atomic E-state index is 5.52. The van der Waals surface area contributed by atoms with Crippen LogP contribution in [-0.2, 0) is 0 Å². The molecule has 0 unspecified atom stereocenters. The van der Waals surface area contributed by atoms with E-state index in [9.17, 15) is 0 Å². The van der Waals surface area contributed by atoms with Crippen LogP contribution in [-0.4, -0.2) is 68.4 Å². The van der Waals surface area contributed by atoms with Gasteiger partial charge in [-0.3, -0.25) is 0 Å². The van der Waals surface area contributed by atoms with Crippen molar-refractivity contribution in [2.45, 2.75) is 39.2 Å². The summed E-state index contributed by atoms with van der Waals surface area (Å²) in [5, 5.41) is 4.66. The molecule has 1 N–H and O–H groups in total. The second kappa shape index (κ2) is 9.28. The molecule has 0 bridgehead atoms. The molecular weight excluding hydrogens is 354 g/mol. The zero-order chi connectivity index (χ0) is 20.1. The lowest BCUT2D eigenvalue weighted by Gasteiger charge is -2.30. The first-order valence-corrected chi connectivity index (χ1v) is 10.2. The summed E-state index contributed by atoms with van der Waals surface area (Å²) in [4.78, 5) is 14.4. The average Bonchev–Trinajstić information content (AvgIpc) is 2.72. The molecule has 1 aliphatic heterocycles. The van der Waals surface area contributed by atoms with E-state index in [4.69, 9.17) is 19.4 Å². The van der Waals surface area contributed by atoms with E-state index in [2.05, 4.69) is 36.0 Å². The van der Waals surface area contributed by atoms with Gasteiger partial charge in [0.25, 0.3) is 0 Å². The minimum absolute atomic E-state index is 0.413. The molecule has 2 heterocycles. The maximum Gasteiger partial charge on any atom is 0.227 e. The Bertz CT molecular complexity index is 790. The van der Waals surface area contributed by atoms with Crippen LogP contribution in [0.5, 0.6) is 11.5 Å². The Morgan fingerprint density at radius 2 is 1.79 bits per heavy atom. The van der Waals surface area contributed by atoms with Crippen LogP contribution >= 0.6 is 0 Å². The third-order valence-electron chi connectivity index (χ3n) is 5.41. The number of methoxy groups -OCH3 is 2. The summed E-state index contributed by atoms with van der Waals surface area (Å²) in [6, 6.07) is 4.33. The lowest BCUT2D eigenvalue weighted by atomic mass is 10.1. The molecule has 1 aromatic carbocycles. The highest BCUT2D eigenvalue weighted by Gasteiger charge is 2.21. The minimum atomic E-state index is 0.413. The fourth-order valence-electron chi connectivity index (χ4n) is 3.71. The van der Waals surface area contributed by atoms with E-state index < -0.39 is 0 Å². The number of hydrogen-bond donors (Lipinski definition) is 1. The van der Waals surface area contributed by atoms with Crippen LogP contribution in [0.2, 0.25) is 0 Å². The lowest BCUT2D eigenvalue weighted by Crippen LogP contribution is -2.37. The quantitative estimate of drug-likeness (QED) is 0.745. The second-order valence-electron chi connectivity index (χ2n) is 7.40. The van der Waals surface area contributed by atoms with Gasteiger partial charge in [0.15, 0.2) is 11.5 Å². The summed E-state index contributed by atoms with van der Waals surface area (Å²) >= 11 is 0. The fourth-order valence-corrected chi connectivity index (χ4v) is 3.71. The molecule has 3 rings (SSSR count). The van der Waals surface area contributed by atoms with Gasteiger partial charge in [-0.05, 0) is 52.4 Å². The van der Waals surface area contributed by atoms with E-state index in [1.807, 2.05) is 12.1 Å². The first kappa shape index (κ1) is 20.5. The van der Waals surface area contributed by atoms with E-state index in [1.54, 1.807) is 14.2 Å². The van der Waals surface area contributed by atoms with Crippen LogP contribution in [0.4, 0.5) is 11.8 Å². The van der Waals surface area contributed by atoms with Gasteiger partial charge in [-0.15, -0.1) is 0 Å². The van der Waals surface area contributed by atoms with Gasteiger partial charge in [-0.25, -0.2) is 4.98 Å². The highest BCUT2D eigenvalue weighted by Crippen LogP contribution is 2.35. The zero-order valence-corrected chi connectivity index (χ0v) is 17.8. The molecular formula is C21H33N5O2. The number of piperidine rings is 1. The zero-order valence-electron chi connectivity index (χ0n) is 17.8. The molecule has 1 fully saturated rings. The normalized spacial score (nSPS) is 15.6. The molecule has 0 radical (unpaired) electrons. The number of anilines is 2. The van der Waals surface area contributed by atoms with Crippen LogP contribution in [0.25, 0.3) is 10.9 Å². The van der Waals surface area contributed by atoms with Gasteiger partial charge >= 0.3 is 0 Å². The van der Waals surface area contributed by atoms with Crippen LogP contribution in [0, 0.1) is 0 Å². The van der Waals surface area contributed by atoms with Gasteiger partial charge in [0, 0.05) is 30.6 Å². The van der Waals surface area contributed by atoms with E-state index >= 15 is 0 Å². The number of likely N-dealkylation sites (tertiary alicyclic amines) is 1. The lowest BCUT2D eigenvalue weighted by molar-refractivity contribution is 0.264. The van der Waals surface area contributed by atoms with Gasteiger partial charge < -0.3 is 24.6 Å². The van der Waals surface area contributed by atoms with Crippen LogP contribution in [0.15, 0.2) is 12.1 Å². The smallest absolute Gasteiger partial charge is 0.227 e. The third-order valence-corrected chi connectivity index (χ3v) is 5.41.